The average molecular weight is 269 g/mol. The molecule has 0 saturated carbocycles. The molecule has 1 aromatic rings. The summed E-state index contributed by atoms with van der Waals surface area (Å²) in [4.78, 5) is 2.83. The van der Waals surface area contributed by atoms with Gasteiger partial charge in [-0.25, -0.2) is 0 Å². The molecule has 0 amide bonds. The van der Waals surface area contributed by atoms with Crippen molar-refractivity contribution in [3.05, 3.63) is 4.88 Å². The highest BCUT2D eigenvalue weighted by Crippen LogP contribution is 2.44. The van der Waals surface area contributed by atoms with Crippen LogP contribution in [0.15, 0.2) is 0 Å². The Kier molecular flexibility index (Phi) is 4.02. The number of anilines is 2. The first-order chi connectivity index (χ1) is 8.27. The molecule has 2 rings (SSSR count). The van der Waals surface area contributed by atoms with E-state index >= 15 is 0 Å². The van der Waals surface area contributed by atoms with Crippen molar-refractivity contribution in [1.82, 2.24) is 0 Å². The Morgan fingerprint density at radius 1 is 1.41 bits per heavy atom. The molecule has 0 aromatic carbocycles. The van der Waals surface area contributed by atoms with E-state index in [2.05, 4.69) is 11.0 Å². The van der Waals surface area contributed by atoms with Crippen molar-refractivity contribution < 1.29 is 4.74 Å². The summed E-state index contributed by atoms with van der Waals surface area (Å²) in [5.41, 5.74) is 6.38. The molecule has 0 aliphatic carbocycles. The summed E-state index contributed by atoms with van der Waals surface area (Å²) in [5, 5.41) is 10.0. The van der Waals surface area contributed by atoms with Gasteiger partial charge in [0.05, 0.1) is 7.11 Å². The zero-order chi connectivity index (χ0) is 12.3. The van der Waals surface area contributed by atoms with Gasteiger partial charge in [0.15, 0.2) is 5.75 Å². The molecular formula is C11H15N3OS2. The first kappa shape index (κ1) is 12.4. The van der Waals surface area contributed by atoms with Gasteiger partial charge in [0.25, 0.3) is 0 Å². The summed E-state index contributed by atoms with van der Waals surface area (Å²) >= 11 is 3.40. The Labute approximate surface area is 109 Å². The number of ether oxygens (including phenoxy) is 1. The molecule has 0 radical (unpaired) electrons. The summed E-state index contributed by atoms with van der Waals surface area (Å²) in [6.07, 6.45) is 1.16. The molecule has 6 heteroatoms. The number of nitrogens with zero attached hydrogens (tertiary/aromatic N) is 2. The molecule has 0 atom stereocenters. The summed E-state index contributed by atoms with van der Waals surface area (Å²) in [7, 11) is 1.61. The lowest BCUT2D eigenvalue weighted by atomic mass is 10.3. The van der Waals surface area contributed by atoms with Gasteiger partial charge in [-0.05, 0) is 12.2 Å². The van der Waals surface area contributed by atoms with E-state index in [1.165, 1.54) is 17.1 Å². The second-order valence-corrected chi connectivity index (χ2v) is 5.97. The van der Waals surface area contributed by atoms with Crippen LogP contribution in [-0.2, 0) is 0 Å². The minimum absolute atomic E-state index is 0.479. The summed E-state index contributed by atoms with van der Waals surface area (Å²) in [6, 6.07) is 2.13. The first-order valence-electron chi connectivity index (χ1n) is 5.47. The molecule has 1 saturated heterocycles. The molecule has 17 heavy (non-hydrogen) atoms. The predicted octanol–water partition coefficient (Wildman–Crippen LogP) is 2.15. The SMILES string of the molecule is COc1c(N2CCCSCC2)sc(C#N)c1N. The lowest BCUT2D eigenvalue weighted by molar-refractivity contribution is 0.418. The minimum Gasteiger partial charge on any atom is -0.492 e. The number of thiophene rings is 1. The third kappa shape index (κ3) is 2.45. The van der Waals surface area contributed by atoms with E-state index in [-0.39, 0.29) is 0 Å². The van der Waals surface area contributed by atoms with E-state index in [9.17, 15) is 0 Å². The lowest BCUT2D eigenvalue weighted by Crippen LogP contribution is -2.24. The van der Waals surface area contributed by atoms with Crippen molar-refractivity contribution >= 4 is 33.8 Å². The highest BCUT2D eigenvalue weighted by molar-refractivity contribution is 7.99. The maximum Gasteiger partial charge on any atom is 0.177 e. The second kappa shape index (κ2) is 5.52. The molecule has 0 unspecified atom stereocenters. The van der Waals surface area contributed by atoms with Gasteiger partial charge in [-0.3, -0.25) is 0 Å². The topological polar surface area (TPSA) is 62.3 Å². The standard InChI is InChI=1S/C11H15N3OS2/c1-15-10-9(13)8(7-12)17-11(10)14-3-2-5-16-6-4-14/h2-6,13H2,1H3. The number of nitrogens with two attached hydrogens (primary N) is 1. The number of hydrogen-bond acceptors (Lipinski definition) is 6. The molecule has 1 aliphatic heterocycles. The molecule has 4 nitrogen and oxygen atoms in total. The third-order valence-electron chi connectivity index (χ3n) is 2.70. The van der Waals surface area contributed by atoms with Gasteiger partial charge in [0, 0.05) is 18.8 Å². The smallest absolute Gasteiger partial charge is 0.177 e. The van der Waals surface area contributed by atoms with Crippen molar-refractivity contribution in [2.45, 2.75) is 6.42 Å². The summed E-state index contributed by atoms with van der Waals surface area (Å²) in [6.45, 7) is 2.00. The zero-order valence-electron chi connectivity index (χ0n) is 9.73. The van der Waals surface area contributed by atoms with Crippen LogP contribution in [0.2, 0.25) is 0 Å². The van der Waals surface area contributed by atoms with E-state index < -0.39 is 0 Å². The van der Waals surface area contributed by atoms with E-state index in [0.29, 0.717) is 16.3 Å². The van der Waals surface area contributed by atoms with Crippen molar-refractivity contribution in [2.75, 3.05) is 42.3 Å². The van der Waals surface area contributed by atoms with Gasteiger partial charge in [-0.15, -0.1) is 11.3 Å². The Hall–Kier alpha value is -1.06. The fourth-order valence-electron chi connectivity index (χ4n) is 1.85. The summed E-state index contributed by atoms with van der Waals surface area (Å²) < 4.78 is 5.34. The molecule has 92 valence electrons. The number of hydrogen-bond donors (Lipinski definition) is 1. The second-order valence-electron chi connectivity index (χ2n) is 3.75. The number of thioether (sulfide) groups is 1. The fraction of sp³-hybridized carbons (Fsp3) is 0.545. The average Bonchev–Trinajstić information content (AvgIpc) is 2.55. The Morgan fingerprint density at radius 2 is 2.24 bits per heavy atom. The van der Waals surface area contributed by atoms with Gasteiger partial charge < -0.3 is 15.4 Å². The van der Waals surface area contributed by atoms with Gasteiger partial charge >= 0.3 is 0 Å². The van der Waals surface area contributed by atoms with Gasteiger partial charge in [-0.1, -0.05) is 0 Å². The van der Waals surface area contributed by atoms with Crippen LogP contribution in [0.5, 0.6) is 5.75 Å². The Bertz CT molecular complexity index is 431. The highest BCUT2D eigenvalue weighted by atomic mass is 32.2. The van der Waals surface area contributed by atoms with E-state index in [4.69, 9.17) is 15.7 Å². The van der Waals surface area contributed by atoms with Crippen LogP contribution in [0.4, 0.5) is 10.7 Å². The van der Waals surface area contributed by atoms with Gasteiger partial charge in [0.1, 0.15) is 21.6 Å². The van der Waals surface area contributed by atoms with Crippen LogP contribution in [-0.4, -0.2) is 31.7 Å². The van der Waals surface area contributed by atoms with E-state index in [1.807, 2.05) is 11.8 Å². The predicted molar refractivity (Wildman–Crippen MR) is 74.2 cm³/mol. The number of rotatable bonds is 2. The van der Waals surface area contributed by atoms with Crippen LogP contribution in [0, 0.1) is 11.3 Å². The van der Waals surface area contributed by atoms with Crippen molar-refractivity contribution in [2.24, 2.45) is 0 Å². The quantitative estimate of drug-likeness (QED) is 0.891. The lowest BCUT2D eigenvalue weighted by Gasteiger charge is -2.21. The van der Waals surface area contributed by atoms with E-state index in [1.54, 1.807) is 7.11 Å². The Morgan fingerprint density at radius 3 is 2.94 bits per heavy atom. The molecule has 1 fully saturated rings. The normalized spacial score (nSPS) is 16.4. The first-order valence-corrected chi connectivity index (χ1v) is 7.44. The zero-order valence-corrected chi connectivity index (χ0v) is 11.4. The maximum atomic E-state index is 9.01. The van der Waals surface area contributed by atoms with Crippen LogP contribution < -0.4 is 15.4 Å². The molecule has 0 bridgehead atoms. The van der Waals surface area contributed by atoms with Crippen molar-refractivity contribution in [1.29, 1.82) is 5.26 Å². The van der Waals surface area contributed by atoms with Crippen LogP contribution in [0.25, 0.3) is 0 Å². The van der Waals surface area contributed by atoms with Gasteiger partial charge in [0.2, 0.25) is 0 Å². The fourth-order valence-corrected chi connectivity index (χ4v) is 3.78. The van der Waals surface area contributed by atoms with Crippen molar-refractivity contribution in [3.8, 4) is 11.8 Å². The number of nitrogen functional groups attached to an aromatic ring is 1. The van der Waals surface area contributed by atoms with Crippen LogP contribution in [0.1, 0.15) is 11.3 Å². The van der Waals surface area contributed by atoms with Crippen LogP contribution >= 0.6 is 23.1 Å². The number of nitriles is 1. The largest absolute Gasteiger partial charge is 0.492 e. The van der Waals surface area contributed by atoms with Crippen LogP contribution in [0.3, 0.4) is 0 Å². The Balaban J connectivity index is 2.33. The molecular weight excluding hydrogens is 254 g/mol. The minimum atomic E-state index is 0.479. The van der Waals surface area contributed by atoms with Crippen molar-refractivity contribution in [3.63, 3.8) is 0 Å². The third-order valence-corrected chi connectivity index (χ3v) is 4.90. The monoisotopic (exact) mass is 269 g/mol. The number of methoxy groups -OCH3 is 1. The molecule has 2 N–H and O–H groups in total. The van der Waals surface area contributed by atoms with Gasteiger partial charge in [-0.2, -0.15) is 17.0 Å². The van der Waals surface area contributed by atoms with E-state index in [0.717, 1.165) is 30.3 Å². The molecule has 2 heterocycles. The molecule has 1 aliphatic rings. The summed E-state index contributed by atoms with van der Waals surface area (Å²) in [5.74, 6) is 2.98. The highest BCUT2D eigenvalue weighted by Gasteiger charge is 2.22. The molecule has 0 spiro atoms. The molecule has 1 aromatic heterocycles. The maximum absolute atomic E-state index is 9.01.